The number of halogens is 4. The van der Waals surface area contributed by atoms with Gasteiger partial charge in [-0.3, -0.25) is 4.79 Å². The van der Waals surface area contributed by atoms with Crippen molar-refractivity contribution in [1.29, 1.82) is 0 Å². The van der Waals surface area contributed by atoms with Crippen LogP contribution in [0.25, 0.3) is 0 Å². The minimum atomic E-state index is -5.00. The molecule has 0 radical (unpaired) electrons. The summed E-state index contributed by atoms with van der Waals surface area (Å²) in [6.07, 6.45) is -3.62. The molecule has 1 amide bonds. The molecule has 0 heterocycles. The van der Waals surface area contributed by atoms with E-state index in [9.17, 15) is 26.4 Å². The highest BCUT2D eigenvalue weighted by atomic mass is 35.7. The number of amides is 1. The first-order valence-corrected chi connectivity index (χ1v) is 8.56. The molecule has 0 rings (SSSR count). The lowest BCUT2D eigenvalue weighted by Crippen LogP contribution is -2.48. The van der Waals surface area contributed by atoms with Crippen molar-refractivity contribution in [3.63, 3.8) is 0 Å². The third-order valence-corrected chi connectivity index (χ3v) is 6.04. The molecule has 0 saturated carbocycles. The van der Waals surface area contributed by atoms with Gasteiger partial charge in [-0.1, -0.05) is 19.9 Å². The van der Waals surface area contributed by atoms with Gasteiger partial charge < -0.3 is 4.90 Å². The van der Waals surface area contributed by atoms with E-state index in [-0.39, 0.29) is 13.1 Å². The van der Waals surface area contributed by atoms with E-state index in [0.29, 0.717) is 11.3 Å². The van der Waals surface area contributed by atoms with Crippen LogP contribution in [0.5, 0.6) is 0 Å². The van der Waals surface area contributed by atoms with Crippen molar-refractivity contribution in [1.82, 2.24) is 4.90 Å². The quantitative estimate of drug-likeness (QED) is 0.524. The van der Waals surface area contributed by atoms with Gasteiger partial charge in [-0.15, -0.1) is 6.58 Å². The Morgan fingerprint density at radius 1 is 1.43 bits per heavy atom. The highest BCUT2D eigenvalue weighted by molar-refractivity contribution is 8.15. The van der Waals surface area contributed by atoms with Gasteiger partial charge in [0.05, 0.1) is 0 Å². The van der Waals surface area contributed by atoms with Crippen molar-refractivity contribution in [2.45, 2.75) is 38.1 Å². The zero-order valence-corrected chi connectivity index (χ0v) is 13.6. The molecule has 0 saturated heterocycles. The summed E-state index contributed by atoms with van der Waals surface area (Å²) in [5, 5.41) is 0. The van der Waals surface area contributed by atoms with Gasteiger partial charge in [-0.2, -0.15) is 13.2 Å². The zero-order chi connectivity index (χ0) is 17.1. The molecule has 0 aromatic rings. The summed E-state index contributed by atoms with van der Waals surface area (Å²) in [7, 11) is 1.24. The van der Waals surface area contributed by atoms with Gasteiger partial charge in [0.2, 0.25) is 9.05 Å². The third-order valence-electron chi connectivity index (χ3n) is 3.43. The van der Waals surface area contributed by atoms with Gasteiger partial charge in [-0.05, 0) is 19.3 Å². The summed E-state index contributed by atoms with van der Waals surface area (Å²) >= 11 is 0. The first-order valence-electron chi connectivity index (χ1n) is 6.25. The SMILES string of the molecule is C=C[C@](C)(C(C)CN(CCC)C(=O)C(F)(F)F)S(=O)(=O)Cl. The number of alkyl halides is 3. The maximum Gasteiger partial charge on any atom is 0.471 e. The fourth-order valence-corrected chi connectivity index (χ4v) is 3.18. The van der Waals surface area contributed by atoms with Gasteiger partial charge >= 0.3 is 12.1 Å². The van der Waals surface area contributed by atoms with Crippen LogP contribution in [0.4, 0.5) is 13.2 Å². The largest absolute Gasteiger partial charge is 0.471 e. The minimum absolute atomic E-state index is 0.127. The number of hydrogen-bond acceptors (Lipinski definition) is 3. The maximum atomic E-state index is 12.5. The Balaban J connectivity index is 5.37. The maximum absolute atomic E-state index is 12.5. The third kappa shape index (κ3) is 4.88. The summed E-state index contributed by atoms with van der Waals surface area (Å²) < 4.78 is 59.2. The molecular formula is C12H19ClF3NO3S. The van der Waals surface area contributed by atoms with Crippen molar-refractivity contribution >= 4 is 25.6 Å². The molecule has 21 heavy (non-hydrogen) atoms. The molecule has 0 aliphatic rings. The number of carbonyl (C=O) groups excluding carboxylic acids is 1. The fraction of sp³-hybridized carbons (Fsp3) is 0.750. The highest BCUT2D eigenvalue weighted by Crippen LogP contribution is 2.32. The van der Waals surface area contributed by atoms with Crippen molar-refractivity contribution in [3.05, 3.63) is 12.7 Å². The van der Waals surface area contributed by atoms with E-state index in [1.165, 1.54) is 13.8 Å². The summed E-state index contributed by atoms with van der Waals surface area (Å²) in [5.41, 5.74) is 0. The molecule has 0 aliphatic carbocycles. The Kier molecular flexibility index (Phi) is 6.75. The Bertz CT molecular complexity index is 492. The molecule has 124 valence electrons. The van der Waals surface area contributed by atoms with Crippen LogP contribution in [-0.2, 0) is 13.8 Å². The molecule has 0 aromatic carbocycles. The first kappa shape index (κ1) is 20.2. The van der Waals surface area contributed by atoms with E-state index in [2.05, 4.69) is 6.58 Å². The molecule has 9 heteroatoms. The lowest BCUT2D eigenvalue weighted by atomic mass is 9.94. The lowest BCUT2D eigenvalue weighted by molar-refractivity contribution is -0.186. The summed E-state index contributed by atoms with van der Waals surface area (Å²) in [6, 6.07) is 0. The second-order valence-electron chi connectivity index (χ2n) is 4.98. The Morgan fingerprint density at radius 2 is 1.90 bits per heavy atom. The summed E-state index contributed by atoms with van der Waals surface area (Å²) in [6.45, 7) is 7.15. The Morgan fingerprint density at radius 3 is 2.19 bits per heavy atom. The Hall–Kier alpha value is -0.760. The predicted molar refractivity (Wildman–Crippen MR) is 75.5 cm³/mol. The van der Waals surface area contributed by atoms with Gasteiger partial charge in [0.1, 0.15) is 4.75 Å². The van der Waals surface area contributed by atoms with Crippen LogP contribution < -0.4 is 0 Å². The van der Waals surface area contributed by atoms with E-state index in [1.54, 1.807) is 6.92 Å². The monoisotopic (exact) mass is 349 g/mol. The molecule has 0 fully saturated rings. The lowest BCUT2D eigenvalue weighted by Gasteiger charge is -2.34. The van der Waals surface area contributed by atoms with Crippen LogP contribution in [0.1, 0.15) is 27.2 Å². The molecule has 0 bridgehead atoms. The summed E-state index contributed by atoms with van der Waals surface area (Å²) in [4.78, 5) is 11.9. The second-order valence-corrected chi connectivity index (χ2v) is 7.95. The molecule has 0 aromatic heterocycles. The topological polar surface area (TPSA) is 54.5 Å². The fourth-order valence-electron chi connectivity index (χ4n) is 1.78. The minimum Gasteiger partial charge on any atom is -0.335 e. The second kappa shape index (κ2) is 7.00. The molecule has 1 unspecified atom stereocenters. The van der Waals surface area contributed by atoms with E-state index in [1.807, 2.05) is 0 Å². The normalized spacial score (nSPS) is 16.9. The smallest absolute Gasteiger partial charge is 0.335 e. The van der Waals surface area contributed by atoms with Crippen LogP contribution in [0.3, 0.4) is 0 Å². The molecule has 4 nitrogen and oxygen atoms in total. The molecular weight excluding hydrogens is 331 g/mol. The Labute approximate surface area is 127 Å². The van der Waals surface area contributed by atoms with E-state index in [0.717, 1.165) is 6.08 Å². The first-order chi connectivity index (χ1) is 9.31. The van der Waals surface area contributed by atoms with E-state index in [4.69, 9.17) is 10.7 Å². The van der Waals surface area contributed by atoms with Crippen LogP contribution in [0.15, 0.2) is 12.7 Å². The molecule has 2 atom stereocenters. The van der Waals surface area contributed by atoms with Crippen LogP contribution >= 0.6 is 10.7 Å². The van der Waals surface area contributed by atoms with Crippen LogP contribution in [0, 0.1) is 5.92 Å². The number of rotatable bonds is 7. The number of nitrogens with zero attached hydrogens (tertiary/aromatic N) is 1. The zero-order valence-electron chi connectivity index (χ0n) is 12.1. The van der Waals surface area contributed by atoms with Crippen LogP contribution in [-0.4, -0.2) is 43.2 Å². The van der Waals surface area contributed by atoms with Crippen molar-refractivity contribution in [3.8, 4) is 0 Å². The predicted octanol–water partition coefficient (Wildman–Crippen LogP) is 2.94. The van der Waals surface area contributed by atoms with Gasteiger partial charge in [0.25, 0.3) is 0 Å². The van der Waals surface area contributed by atoms with Crippen LogP contribution in [0.2, 0.25) is 0 Å². The van der Waals surface area contributed by atoms with Crippen molar-refractivity contribution in [2.75, 3.05) is 13.1 Å². The van der Waals surface area contributed by atoms with Gasteiger partial charge in [0, 0.05) is 23.8 Å². The number of carbonyl (C=O) groups is 1. The van der Waals surface area contributed by atoms with Crippen molar-refractivity contribution in [2.24, 2.45) is 5.92 Å². The standard InChI is InChI=1S/C12H19ClF3NO3S/c1-5-7-17(10(18)12(14,15)16)8-9(3)11(4,6-2)21(13,19)20/h6,9H,2,5,7-8H2,1,3-4H3/t9?,11-/m1/s1. The number of hydrogen-bond donors (Lipinski definition) is 0. The van der Waals surface area contributed by atoms with Gasteiger partial charge in [-0.25, -0.2) is 8.42 Å². The summed E-state index contributed by atoms with van der Waals surface area (Å²) in [5.74, 6) is -2.84. The molecule has 0 N–H and O–H groups in total. The average Bonchev–Trinajstić information content (AvgIpc) is 2.33. The van der Waals surface area contributed by atoms with E-state index < -0.39 is 31.8 Å². The highest BCUT2D eigenvalue weighted by Gasteiger charge is 2.46. The van der Waals surface area contributed by atoms with Gasteiger partial charge in [0.15, 0.2) is 0 Å². The van der Waals surface area contributed by atoms with E-state index >= 15 is 0 Å². The molecule has 0 aliphatic heterocycles. The average molecular weight is 350 g/mol. The molecule has 0 spiro atoms. The van der Waals surface area contributed by atoms with Crippen molar-refractivity contribution < 1.29 is 26.4 Å².